The molecular weight excluding hydrogens is 264 g/mol. The number of nitrogens with zero attached hydrogens (tertiary/aromatic N) is 2. The summed E-state index contributed by atoms with van der Waals surface area (Å²) in [6.07, 6.45) is 1.99. The third-order valence-electron chi connectivity index (χ3n) is 2.37. The molecule has 0 aliphatic rings. The molecule has 20 heavy (non-hydrogen) atoms. The first kappa shape index (κ1) is 16.2. The van der Waals surface area contributed by atoms with Gasteiger partial charge in [-0.15, -0.1) is 5.10 Å². The lowest BCUT2D eigenvalue weighted by Crippen LogP contribution is -2.08. The molecule has 0 aromatic carbocycles. The van der Waals surface area contributed by atoms with Crippen molar-refractivity contribution >= 4 is 11.9 Å². The van der Waals surface area contributed by atoms with Crippen LogP contribution in [0.5, 0.6) is 5.88 Å². The summed E-state index contributed by atoms with van der Waals surface area (Å²) in [5.41, 5.74) is 0.151. The standard InChI is InChI=1S/C13H20N2O5/c1-4-18-7-6-8-20-12-11(13(17)19-5-2)9-15(14-12)10(3)16/h9H,4-8H2,1-3H3. The van der Waals surface area contributed by atoms with Crippen LogP contribution in [0.4, 0.5) is 0 Å². The molecule has 0 fully saturated rings. The van der Waals surface area contributed by atoms with E-state index in [2.05, 4.69) is 5.10 Å². The molecule has 0 aliphatic heterocycles. The van der Waals surface area contributed by atoms with Crippen molar-refractivity contribution in [2.75, 3.05) is 26.4 Å². The Morgan fingerprint density at radius 3 is 2.60 bits per heavy atom. The Morgan fingerprint density at radius 1 is 1.25 bits per heavy atom. The lowest BCUT2D eigenvalue weighted by atomic mass is 10.3. The first-order chi connectivity index (χ1) is 9.60. The third-order valence-corrected chi connectivity index (χ3v) is 2.37. The minimum Gasteiger partial charge on any atom is -0.476 e. The van der Waals surface area contributed by atoms with Gasteiger partial charge in [0, 0.05) is 26.6 Å². The summed E-state index contributed by atoms with van der Waals surface area (Å²) in [6.45, 7) is 6.77. The summed E-state index contributed by atoms with van der Waals surface area (Å²) in [5.74, 6) is -0.755. The van der Waals surface area contributed by atoms with Crippen LogP contribution in [0.1, 0.15) is 42.3 Å². The predicted molar refractivity (Wildman–Crippen MR) is 71.1 cm³/mol. The van der Waals surface area contributed by atoms with Gasteiger partial charge in [0.2, 0.25) is 11.8 Å². The lowest BCUT2D eigenvalue weighted by molar-refractivity contribution is 0.0521. The molecule has 0 amide bonds. The molecule has 0 saturated carbocycles. The Labute approximate surface area is 117 Å². The first-order valence-electron chi connectivity index (χ1n) is 6.58. The molecule has 7 heteroatoms. The van der Waals surface area contributed by atoms with Crippen LogP contribution < -0.4 is 4.74 Å². The van der Waals surface area contributed by atoms with Gasteiger partial charge in [-0.3, -0.25) is 4.79 Å². The number of carbonyl (C=O) groups is 2. The zero-order valence-corrected chi connectivity index (χ0v) is 12.0. The van der Waals surface area contributed by atoms with Crippen molar-refractivity contribution in [3.05, 3.63) is 11.8 Å². The van der Waals surface area contributed by atoms with Gasteiger partial charge in [-0.1, -0.05) is 0 Å². The Kier molecular flexibility index (Phi) is 6.72. The van der Waals surface area contributed by atoms with Crippen LogP contribution in [-0.2, 0) is 9.47 Å². The quantitative estimate of drug-likeness (QED) is 0.532. The van der Waals surface area contributed by atoms with E-state index in [0.29, 0.717) is 26.2 Å². The number of hydrogen-bond donors (Lipinski definition) is 0. The van der Waals surface area contributed by atoms with Crippen molar-refractivity contribution in [3.63, 3.8) is 0 Å². The van der Waals surface area contributed by atoms with Crippen LogP contribution in [-0.4, -0.2) is 48.1 Å². The molecule has 0 bridgehead atoms. The monoisotopic (exact) mass is 284 g/mol. The van der Waals surface area contributed by atoms with Gasteiger partial charge >= 0.3 is 5.97 Å². The molecule has 0 aliphatic carbocycles. The number of aromatic nitrogens is 2. The number of ether oxygens (including phenoxy) is 3. The third kappa shape index (κ3) is 4.65. The van der Waals surface area contributed by atoms with Crippen LogP contribution in [0.2, 0.25) is 0 Å². The van der Waals surface area contributed by atoms with E-state index in [0.717, 1.165) is 4.68 Å². The van der Waals surface area contributed by atoms with Crippen molar-refractivity contribution in [2.24, 2.45) is 0 Å². The maximum absolute atomic E-state index is 11.7. The van der Waals surface area contributed by atoms with Gasteiger partial charge in [-0.2, -0.15) is 0 Å². The van der Waals surface area contributed by atoms with Gasteiger partial charge in [-0.25, -0.2) is 9.48 Å². The van der Waals surface area contributed by atoms with Crippen molar-refractivity contribution in [1.82, 2.24) is 9.78 Å². The summed E-state index contributed by atoms with van der Waals surface area (Å²) in [7, 11) is 0. The van der Waals surface area contributed by atoms with Gasteiger partial charge in [0.15, 0.2) is 0 Å². The van der Waals surface area contributed by atoms with Crippen molar-refractivity contribution < 1.29 is 23.8 Å². The van der Waals surface area contributed by atoms with Crippen LogP contribution in [0, 0.1) is 0 Å². The summed E-state index contributed by atoms with van der Waals surface area (Å²) >= 11 is 0. The molecule has 1 rings (SSSR count). The zero-order chi connectivity index (χ0) is 15.0. The minimum atomic E-state index is -0.556. The molecule has 1 aromatic heterocycles. The fourth-order valence-electron chi connectivity index (χ4n) is 1.45. The predicted octanol–water partition coefficient (Wildman–Crippen LogP) is 1.53. The van der Waals surface area contributed by atoms with E-state index in [1.54, 1.807) is 6.92 Å². The highest BCUT2D eigenvalue weighted by Gasteiger charge is 2.20. The summed E-state index contributed by atoms with van der Waals surface area (Å²) in [5, 5.41) is 3.93. The molecule has 0 radical (unpaired) electrons. The molecule has 112 valence electrons. The Hall–Kier alpha value is -1.89. The summed E-state index contributed by atoms with van der Waals surface area (Å²) in [4.78, 5) is 23.0. The van der Waals surface area contributed by atoms with Gasteiger partial charge in [0.05, 0.1) is 19.4 Å². The number of hydrogen-bond acceptors (Lipinski definition) is 6. The van der Waals surface area contributed by atoms with Gasteiger partial charge < -0.3 is 14.2 Å². The van der Waals surface area contributed by atoms with Crippen LogP contribution in [0.25, 0.3) is 0 Å². The van der Waals surface area contributed by atoms with E-state index in [1.165, 1.54) is 13.1 Å². The fraction of sp³-hybridized carbons (Fsp3) is 0.615. The highest BCUT2D eigenvalue weighted by Crippen LogP contribution is 2.17. The summed E-state index contributed by atoms with van der Waals surface area (Å²) < 4.78 is 16.6. The normalized spacial score (nSPS) is 10.3. The van der Waals surface area contributed by atoms with Gasteiger partial charge in [-0.05, 0) is 13.8 Å². The Morgan fingerprint density at radius 2 is 2.00 bits per heavy atom. The minimum absolute atomic E-state index is 0.107. The van der Waals surface area contributed by atoms with E-state index in [4.69, 9.17) is 14.2 Å². The molecule has 1 aromatic rings. The Bertz CT molecular complexity index is 456. The van der Waals surface area contributed by atoms with Crippen LogP contribution >= 0.6 is 0 Å². The second kappa shape index (κ2) is 8.31. The van der Waals surface area contributed by atoms with Crippen molar-refractivity contribution in [1.29, 1.82) is 0 Å². The van der Waals surface area contributed by atoms with Gasteiger partial charge in [0.1, 0.15) is 5.56 Å². The SMILES string of the molecule is CCOCCCOc1nn(C(C)=O)cc1C(=O)OCC. The number of carbonyl (C=O) groups excluding carboxylic acids is 2. The van der Waals surface area contributed by atoms with Crippen LogP contribution in [0.15, 0.2) is 6.20 Å². The average molecular weight is 284 g/mol. The number of esters is 1. The Balaban J connectivity index is 2.71. The molecule has 0 saturated heterocycles. The van der Waals surface area contributed by atoms with Crippen LogP contribution in [0.3, 0.4) is 0 Å². The summed E-state index contributed by atoms with van der Waals surface area (Å²) in [6, 6.07) is 0. The molecule has 0 atom stereocenters. The highest BCUT2D eigenvalue weighted by molar-refractivity contribution is 5.92. The lowest BCUT2D eigenvalue weighted by Gasteiger charge is -2.05. The molecule has 0 unspecified atom stereocenters. The highest BCUT2D eigenvalue weighted by atomic mass is 16.5. The fourth-order valence-corrected chi connectivity index (χ4v) is 1.45. The van der Waals surface area contributed by atoms with E-state index >= 15 is 0 Å². The van der Waals surface area contributed by atoms with E-state index < -0.39 is 5.97 Å². The average Bonchev–Trinajstić information content (AvgIpc) is 2.83. The molecular formula is C13H20N2O5. The smallest absolute Gasteiger partial charge is 0.345 e. The molecule has 7 nitrogen and oxygen atoms in total. The zero-order valence-electron chi connectivity index (χ0n) is 12.0. The van der Waals surface area contributed by atoms with E-state index in [1.807, 2.05) is 6.92 Å². The van der Waals surface area contributed by atoms with Crippen molar-refractivity contribution in [2.45, 2.75) is 27.2 Å². The maximum atomic E-state index is 11.7. The first-order valence-corrected chi connectivity index (χ1v) is 6.58. The van der Waals surface area contributed by atoms with Crippen molar-refractivity contribution in [3.8, 4) is 5.88 Å². The molecule has 0 N–H and O–H groups in total. The number of rotatable bonds is 8. The second-order valence-corrected chi connectivity index (χ2v) is 3.93. The largest absolute Gasteiger partial charge is 0.476 e. The molecule has 0 spiro atoms. The van der Waals surface area contributed by atoms with E-state index in [9.17, 15) is 9.59 Å². The maximum Gasteiger partial charge on any atom is 0.345 e. The van der Waals surface area contributed by atoms with Gasteiger partial charge in [0.25, 0.3) is 0 Å². The topological polar surface area (TPSA) is 79.7 Å². The molecule has 1 heterocycles. The second-order valence-electron chi connectivity index (χ2n) is 3.93. The van der Waals surface area contributed by atoms with E-state index in [-0.39, 0.29) is 24.0 Å².